The fourth-order valence-electron chi connectivity index (χ4n) is 2.26. The van der Waals surface area contributed by atoms with Crippen LogP contribution in [0.5, 0.6) is 0 Å². The summed E-state index contributed by atoms with van der Waals surface area (Å²) >= 11 is 0. The van der Waals surface area contributed by atoms with E-state index in [4.69, 9.17) is 0 Å². The third-order valence-electron chi connectivity index (χ3n) is 3.33. The lowest BCUT2D eigenvalue weighted by molar-refractivity contribution is 0.529. The minimum Gasteiger partial charge on any atom is -0.315 e. The molecule has 100 valence electrons. The zero-order valence-electron chi connectivity index (χ0n) is 9.55. The van der Waals surface area contributed by atoms with E-state index >= 15 is 0 Å². The highest BCUT2D eigenvalue weighted by atomic mass is 32.2. The minimum atomic E-state index is -3.37. The molecule has 0 saturated carbocycles. The summed E-state index contributed by atoms with van der Waals surface area (Å²) in [5.74, 6) is -0.0248. The predicted molar refractivity (Wildman–Crippen MR) is 65.0 cm³/mol. The first kappa shape index (κ1) is 13.3. The molecule has 2 heterocycles. The van der Waals surface area contributed by atoms with Crippen LogP contribution in [0.15, 0.2) is 0 Å². The van der Waals surface area contributed by atoms with E-state index in [2.05, 4.69) is 10.0 Å². The molecular weight excluding hydrogens is 264 g/mol. The molecule has 17 heavy (non-hydrogen) atoms. The van der Waals surface area contributed by atoms with Crippen LogP contribution in [0, 0.1) is 0 Å². The van der Waals surface area contributed by atoms with Gasteiger partial charge in [-0.25, -0.2) is 21.6 Å². The largest absolute Gasteiger partial charge is 0.315 e. The van der Waals surface area contributed by atoms with Crippen molar-refractivity contribution in [2.24, 2.45) is 0 Å². The van der Waals surface area contributed by atoms with Crippen LogP contribution in [0.4, 0.5) is 0 Å². The Labute approximate surface area is 102 Å². The van der Waals surface area contributed by atoms with E-state index in [-0.39, 0.29) is 30.4 Å². The molecule has 2 fully saturated rings. The van der Waals surface area contributed by atoms with Gasteiger partial charge in [-0.2, -0.15) is 0 Å². The van der Waals surface area contributed by atoms with Crippen molar-refractivity contribution in [3.63, 3.8) is 0 Å². The summed E-state index contributed by atoms with van der Waals surface area (Å²) < 4.78 is 49.2. The minimum absolute atomic E-state index is 0.0124. The Morgan fingerprint density at radius 1 is 1.12 bits per heavy atom. The van der Waals surface area contributed by atoms with E-state index in [9.17, 15) is 16.8 Å². The maximum atomic E-state index is 12.0. The summed E-state index contributed by atoms with van der Waals surface area (Å²) in [6.07, 6.45) is 1.24. The molecule has 0 unspecified atom stereocenters. The molecule has 2 saturated heterocycles. The zero-order chi connectivity index (χ0) is 12.5. The normalized spacial score (nSPS) is 30.5. The van der Waals surface area contributed by atoms with Gasteiger partial charge < -0.3 is 5.32 Å². The van der Waals surface area contributed by atoms with Gasteiger partial charge in [0.1, 0.15) is 9.84 Å². The SMILES string of the molecule is O=S1(=O)CCC(S(=O)(=O)N[C@H]2CCNC2)CC1. The Bertz CT molecular complexity index is 451. The van der Waals surface area contributed by atoms with E-state index < -0.39 is 25.1 Å². The molecule has 0 aromatic heterocycles. The average molecular weight is 282 g/mol. The second kappa shape index (κ2) is 4.83. The molecule has 2 N–H and O–H groups in total. The quantitative estimate of drug-likeness (QED) is 0.681. The molecule has 0 aliphatic carbocycles. The smallest absolute Gasteiger partial charge is 0.214 e. The molecule has 0 amide bonds. The zero-order valence-corrected chi connectivity index (χ0v) is 11.2. The summed E-state index contributed by atoms with van der Waals surface area (Å²) in [4.78, 5) is 0. The molecule has 2 aliphatic heterocycles. The number of nitrogens with one attached hydrogen (secondary N) is 2. The molecule has 1 atom stereocenters. The topological polar surface area (TPSA) is 92.3 Å². The molecule has 0 aromatic rings. The van der Waals surface area contributed by atoms with Crippen molar-refractivity contribution < 1.29 is 16.8 Å². The Hall–Kier alpha value is -0.180. The van der Waals surface area contributed by atoms with Crippen molar-refractivity contribution in [3.05, 3.63) is 0 Å². The standard InChI is InChI=1S/C9H18N2O4S2/c12-16(13)5-2-9(3-6-16)17(14,15)11-8-1-4-10-7-8/h8-11H,1-7H2/t8-/m0/s1. The summed E-state index contributed by atoms with van der Waals surface area (Å²) in [5.41, 5.74) is 0. The van der Waals surface area contributed by atoms with Crippen LogP contribution in [0.1, 0.15) is 19.3 Å². The maximum absolute atomic E-state index is 12.0. The molecule has 0 radical (unpaired) electrons. The van der Waals surface area contributed by atoms with Gasteiger partial charge in [0, 0.05) is 12.6 Å². The molecular formula is C9H18N2O4S2. The summed E-state index contributed by atoms with van der Waals surface area (Å²) in [6, 6.07) is -0.0430. The second-order valence-corrected chi connectivity index (χ2v) is 9.00. The molecule has 6 nitrogen and oxygen atoms in total. The highest BCUT2D eigenvalue weighted by Crippen LogP contribution is 2.19. The fraction of sp³-hybridized carbons (Fsp3) is 1.00. The summed E-state index contributed by atoms with van der Waals surface area (Å²) in [5, 5.41) is 2.54. The number of rotatable bonds is 3. The van der Waals surface area contributed by atoms with Crippen molar-refractivity contribution in [1.82, 2.24) is 10.0 Å². The van der Waals surface area contributed by atoms with Gasteiger partial charge in [0.25, 0.3) is 0 Å². The Balaban J connectivity index is 1.96. The van der Waals surface area contributed by atoms with Gasteiger partial charge in [0.2, 0.25) is 10.0 Å². The lowest BCUT2D eigenvalue weighted by Crippen LogP contribution is -2.44. The Morgan fingerprint density at radius 2 is 1.76 bits per heavy atom. The predicted octanol–water partition coefficient (Wildman–Crippen LogP) is -1.16. The van der Waals surface area contributed by atoms with Crippen molar-refractivity contribution in [3.8, 4) is 0 Å². The fourth-order valence-corrected chi connectivity index (χ4v) is 5.77. The van der Waals surface area contributed by atoms with Gasteiger partial charge in [-0.05, 0) is 25.8 Å². The van der Waals surface area contributed by atoms with Crippen LogP contribution in [0.3, 0.4) is 0 Å². The summed E-state index contributed by atoms with van der Waals surface area (Å²) in [7, 11) is -6.38. The molecule has 0 aromatic carbocycles. The second-order valence-electron chi connectivity index (χ2n) is 4.70. The highest BCUT2D eigenvalue weighted by molar-refractivity contribution is 7.92. The van der Waals surface area contributed by atoms with Crippen molar-refractivity contribution in [2.75, 3.05) is 24.6 Å². The van der Waals surface area contributed by atoms with Gasteiger partial charge in [-0.1, -0.05) is 0 Å². The van der Waals surface area contributed by atoms with Crippen molar-refractivity contribution in [2.45, 2.75) is 30.6 Å². The van der Waals surface area contributed by atoms with Gasteiger partial charge >= 0.3 is 0 Å². The maximum Gasteiger partial charge on any atom is 0.214 e. The third-order valence-corrected chi connectivity index (χ3v) is 7.06. The Kier molecular flexibility index (Phi) is 3.77. The van der Waals surface area contributed by atoms with Crippen LogP contribution in [-0.2, 0) is 19.9 Å². The molecule has 2 rings (SSSR count). The lowest BCUT2D eigenvalue weighted by atomic mass is 10.2. The van der Waals surface area contributed by atoms with E-state index in [0.717, 1.165) is 13.0 Å². The van der Waals surface area contributed by atoms with E-state index in [1.165, 1.54) is 0 Å². The Morgan fingerprint density at radius 3 is 2.29 bits per heavy atom. The first-order valence-corrected chi connectivity index (χ1v) is 9.18. The molecule has 2 aliphatic rings. The van der Waals surface area contributed by atoms with Gasteiger partial charge in [-0.15, -0.1) is 0 Å². The van der Waals surface area contributed by atoms with Crippen LogP contribution in [-0.4, -0.2) is 52.7 Å². The van der Waals surface area contributed by atoms with Crippen LogP contribution in [0.25, 0.3) is 0 Å². The molecule has 0 spiro atoms. The first-order valence-electron chi connectivity index (χ1n) is 5.81. The van der Waals surface area contributed by atoms with Crippen LogP contribution >= 0.6 is 0 Å². The van der Waals surface area contributed by atoms with Crippen LogP contribution in [0.2, 0.25) is 0 Å². The van der Waals surface area contributed by atoms with Crippen molar-refractivity contribution >= 4 is 19.9 Å². The molecule has 8 heteroatoms. The highest BCUT2D eigenvalue weighted by Gasteiger charge is 2.34. The monoisotopic (exact) mass is 282 g/mol. The third kappa shape index (κ3) is 3.40. The molecule has 0 bridgehead atoms. The number of sulfone groups is 1. The van der Waals surface area contributed by atoms with Crippen LogP contribution < -0.4 is 10.0 Å². The van der Waals surface area contributed by atoms with Gasteiger partial charge in [0.05, 0.1) is 16.8 Å². The van der Waals surface area contributed by atoms with Gasteiger partial charge in [-0.3, -0.25) is 0 Å². The van der Waals surface area contributed by atoms with E-state index in [1.807, 2.05) is 0 Å². The number of hydrogen-bond donors (Lipinski definition) is 2. The van der Waals surface area contributed by atoms with Crippen molar-refractivity contribution in [1.29, 1.82) is 0 Å². The lowest BCUT2D eigenvalue weighted by Gasteiger charge is -2.23. The number of sulfonamides is 1. The number of hydrogen-bond acceptors (Lipinski definition) is 5. The van der Waals surface area contributed by atoms with E-state index in [0.29, 0.717) is 6.54 Å². The van der Waals surface area contributed by atoms with Gasteiger partial charge in [0.15, 0.2) is 0 Å². The average Bonchev–Trinajstić information content (AvgIpc) is 2.68. The first-order chi connectivity index (χ1) is 7.89. The summed E-state index contributed by atoms with van der Waals surface area (Å²) in [6.45, 7) is 1.48. The van der Waals surface area contributed by atoms with E-state index in [1.54, 1.807) is 0 Å².